The first-order valence-corrected chi connectivity index (χ1v) is 6.44. The average molecular weight is 298 g/mol. The first kappa shape index (κ1) is 16.5. The highest BCUT2D eigenvalue weighted by Gasteiger charge is 2.22. The topological polar surface area (TPSA) is 75.4 Å². The lowest BCUT2D eigenvalue weighted by molar-refractivity contribution is -0.117. The fourth-order valence-corrected chi connectivity index (χ4v) is 2.31. The van der Waals surface area contributed by atoms with Crippen molar-refractivity contribution < 1.29 is 9.59 Å². The standard InChI is InChI=1S/C14H19N3O2.ClH/c1-9(15)7-14(19)16-12-3-4-13-11(8-12)5-6-17(13)10(2)18;/h3-4,8-9H,5-7,15H2,1-2H3,(H,16,19);1H. The van der Waals surface area contributed by atoms with Gasteiger partial charge in [0.1, 0.15) is 0 Å². The van der Waals surface area contributed by atoms with E-state index in [1.165, 1.54) is 0 Å². The summed E-state index contributed by atoms with van der Waals surface area (Å²) in [7, 11) is 0. The molecule has 1 aliphatic heterocycles. The normalized spacial score (nSPS) is 14.2. The molecule has 3 N–H and O–H groups in total. The average Bonchev–Trinajstić information content (AvgIpc) is 2.70. The van der Waals surface area contributed by atoms with Crippen LogP contribution in [0.5, 0.6) is 0 Å². The lowest BCUT2D eigenvalue weighted by atomic mass is 10.1. The van der Waals surface area contributed by atoms with E-state index in [-0.39, 0.29) is 30.3 Å². The predicted octanol–water partition coefficient (Wildman–Crippen LogP) is 1.69. The number of hydrogen-bond donors (Lipinski definition) is 2. The van der Waals surface area contributed by atoms with Crippen molar-refractivity contribution in [2.45, 2.75) is 32.7 Å². The van der Waals surface area contributed by atoms with Gasteiger partial charge in [0.05, 0.1) is 0 Å². The SMILES string of the molecule is CC(=O)N1CCc2cc(NC(=O)CC(C)N)ccc21.Cl. The van der Waals surface area contributed by atoms with Crippen LogP contribution < -0.4 is 16.0 Å². The molecule has 110 valence electrons. The molecule has 0 fully saturated rings. The molecule has 5 nitrogen and oxygen atoms in total. The zero-order valence-electron chi connectivity index (χ0n) is 11.7. The zero-order valence-corrected chi connectivity index (χ0v) is 12.5. The third-order valence-electron chi connectivity index (χ3n) is 3.15. The van der Waals surface area contributed by atoms with Crippen molar-refractivity contribution in [1.29, 1.82) is 0 Å². The molecule has 0 saturated heterocycles. The maximum absolute atomic E-state index is 11.6. The highest BCUT2D eigenvalue weighted by Crippen LogP contribution is 2.30. The van der Waals surface area contributed by atoms with Gasteiger partial charge in [0.25, 0.3) is 0 Å². The maximum Gasteiger partial charge on any atom is 0.225 e. The third-order valence-corrected chi connectivity index (χ3v) is 3.15. The van der Waals surface area contributed by atoms with Crippen LogP contribution >= 0.6 is 12.4 Å². The minimum absolute atomic E-state index is 0. The number of nitrogens with one attached hydrogen (secondary N) is 1. The van der Waals surface area contributed by atoms with Crippen LogP contribution in [0.25, 0.3) is 0 Å². The molecular weight excluding hydrogens is 278 g/mol. The van der Waals surface area contributed by atoms with E-state index >= 15 is 0 Å². The Balaban J connectivity index is 0.00000200. The zero-order chi connectivity index (χ0) is 14.0. The molecule has 1 unspecified atom stereocenters. The molecule has 1 aromatic carbocycles. The van der Waals surface area contributed by atoms with Crippen LogP contribution in [0.2, 0.25) is 0 Å². The summed E-state index contributed by atoms with van der Waals surface area (Å²) in [4.78, 5) is 24.8. The van der Waals surface area contributed by atoms with Gasteiger partial charge in [-0.15, -0.1) is 12.4 Å². The molecule has 1 aromatic rings. The van der Waals surface area contributed by atoms with Gasteiger partial charge in [0.15, 0.2) is 0 Å². The van der Waals surface area contributed by atoms with Crippen molar-refractivity contribution in [3.8, 4) is 0 Å². The molecule has 0 aliphatic carbocycles. The smallest absolute Gasteiger partial charge is 0.225 e. The van der Waals surface area contributed by atoms with Crippen molar-refractivity contribution in [3.63, 3.8) is 0 Å². The van der Waals surface area contributed by atoms with Crippen LogP contribution in [0.3, 0.4) is 0 Å². The largest absolute Gasteiger partial charge is 0.327 e. The third kappa shape index (κ3) is 3.71. The first-order valence-electron chi connectivity index (χ1n) is 6.44. The molecule has 0 aromatic heterocycles. The van der Waals surface area contributed by atoms with Crippen molar-refractivity contribution in [3.05, 3.63) is 23.8 Å². The van der Waals surface area contributed by atoms with Gasteiger partial charge in [0.2, 0.25) is 11.8 Å². The Labute approximate surface area is 124 Å². The van der Waals surface area contributed by atoms with E-state index < -0.39 is 0 Å². The molecule has 6 heteroatoms. The lowest BCUT2D eigenvalue weighted by Gasteiger charge is -2.15. The number of carbonyl (C=O) groups is 2. The van der Waals surface area contributed by atoms with E-state index in [0.717, 1.165) is 23.4 Å². The van der Waals surface area contributed by atoms with Crippen LogP contribution in [-0.4, -0.2) is 24.4 Å². The van der Waals surface area contributed by atoms with E-state index in [2.05, 4.69) is 5.32 Å². The Kier molecular flexibility index (Phi) is 5.53. The molecule has 2 amide bonds. The highest BCUT2D eigenvalue weighted by atomic mass is 35.5. The molecule has 0 spiro atoms. The van der Waals surface area contributed by atoms with E-state index in [0.29, 0.717) is 13.0 Å². The van der Waals surface area contributed by atoms with Gasteiger partial charge >= 0.3 is 0 Å². The monoisotopic (exact) mass is 297 g/mol. The molecule has 0 radical (unpaired) electrons. The summed E-state index contributed by atoms with van der Waals surface area (Å²) in [6.45, 7) is 4.07. The first-order chi connectivity index (χ1) is 8.97. The van der Waals surface area contributed by atoms with Crippen LogP contribution in [0, 0.1) is 0 Å². The summed E-state index contributed by atoms with van der Waals surface area (Å²) < 4.78 is 0. The quantitative estimate of drug-likeness (QED) is 0.891. The van der Waals surface area contributed by atoms with Crippen molar-refractivity contribution >= 4 is 35.6 Å². The molecule has 1 atom stereocenters. The molecule has 20 heavy (non-hydrogen) atoms. The van der Waals surface area contributed by atoms with Gasteiger partial charge in [-0.25, -0.2) is 0 Å². The number of carbonyl (C=O) groups excluding carboxylic acids is 2. The fourth-order valence-electron chi connectivity index (χ4n) is 2.31. The van der Waals surface area contributed by atoms with Gasteiger partial charge in [-0.1, -0.05) is 0 Å². The van der Waals surface area contributed by atoms with Gasteiger partial charge in [-0.2, -0.15) is 0 Å². The fraction of sp³-hybridized carbons (Fsp3) is 0.429. The van der Waals surface area contributed by atoms with Crippen LogP contribution in [0.4, 0.5) is 11.4 Å². The highest BCUT2D eigenvalue weighted by molar-refractivity contribution is 5.95. The number of fused-ring (bicyclic) bond motifs is 1. The minimum Gasteiger partial charge on any atom is -0.327 e. The molecule has 0 saturated carbocycles. The second-order valence-electron chi connectivity index (χ2n) is 4.99. The maximum atomic E-state index is 11.6. The number of anilines is 2. The lowest BCUT2D eigenvalue weighted by Crippen LogP contribution is -2.25. The van der Waals surface area contributed by atoms with E-state index in [1.807, 2.05) is 18.2 Å². The summed E-state index contributed by atoms with van der Waals surface area (Å²) in [6.07, 6.45) is 1.13. The predicted molar refractivity (Wildman–Crippen MR) is 82.3 cm³/mol. The van der Waals surface area contributed by atoms with Crippen LogP contribution in [0.15, 0.2) is 18.2 Å². The minimum atomic E-state index is -0.150. The molecular formula is C14H20ClN3O2. The van der Waals surface area contributed by atoms with Crippen molar-refractivity contribution in [2.24, 2.45) is 5.73 Å². The molecule has 1 aliphatic rings. The number of nitrogens with two attached hydrogens (primary N) is 1. The summed E-state index contributed by atoms with van der Waals surface area (Å²) >= 11 is 0. The number of halogens is 1. The Morgan fingerprint density at radius 2 is 2.15 bits per heavy atom. The van der Waals surface area contributed by atoms with Gasteiger partial charge in [-0.3, -0.25) is 9.59 Å². The molecule has 1 heterocycles. The van der Waals surface area contributed by atoms with Crippen molar-refractivity contribution in [2.75, 3.05) is 16.8 Å². The Bertz CT molecular complexity index is 517. The Morgan fingerprint density at radius 3 is 2.75 bits per heavy atom. The van der Waals surface area contributed by atoms with Gasteiger partial charge < -0.3 is 16.0 Å². The van der Waals surface area contributed by atoms with Gasteiger partial charge in [-0.05, 0) is 37.1 Å². The van der Waals surface area contributed by atoms with Gasteiger partial charge in [0, 0.05) is 37.3 Å². The van der Waals surface area contributed by atoms with E-state index in [9.17, 15) is 9.59 Å². The van der Waals surface area contributed by atoms with E-state index in [1.54, 1.807) is 18.7 Å². The summed E-state index contributed by atoms with van der Waals surface area (Å²) in [5, 5.41) is 2.82. The number of nitrogens with zero attached hydrogens (tertiary/aromatic N) is 1. The van der Waals surface area contributed by atoms with Crippen molar-refractivity contribution in [1.82, 2.24) is 0 Å². The number of amides is 2. The summed E-state index contributed by atoms with van der Waals surface area (Å²) in [5.74, 6) is -0.0381. The summed E-state index contributed by atoms with van der Waals surface area (Å²) in [6, 6.07) is 5.48. The Hall–Kier alpha value is -1.59. The number of rotatable bonds is 3. The number of hydrogen-bond acceptors (Lipinski definition) is 3. The van der Waals surface area contributed by atoms with Crippen LogP contribution in [-0.2, 0) is 16.0 Å². The summed E-state index contributed by atoms with van der Waals surface area (Å²) in [5.41, 5.74) is 8.38. The number of benzene rings is 1. The molecule has 0 bridgehead atoms. The second kappa shape index (κ2) is 6.72. The second-order valence-corrected chi connectivity index (χ2v) is 4.99. The van der Waals surface area contributed by atoms with Crippen LogP contribution in [0.1, 0.15) is 25.8 Å². The Morgan fingerprint density at radius 1 is 1.45 bits per heavy atom. The van der Waals surface area contributed by atoms with E-state index in [4.69, 9.17) is 5.73 Å². The molecule has 2 rings (SSSR count).